The van der Waals surface area contributed by atoms with Crippen molar-refractivity contribution < 1.29 is 19.3 Å². The second-order valence-electron chi connectivity index (χ2n) is 5.02. The Bertz CT molecular complexity index is 580. The molecule has 1 aromatic carbocycles. The van der Waals surface area contributed by atoms with Crippen molar-refractivity contribution in [3.63, 3.8) is 0 Å². The smallest absolute Gasteiger partial charge is 0.300 e. The van der Waals surface area contributed by atoms with Crippen molar-refractivity contribution in [2.24, 2.45) is 0 Å². The van der Waals surface area contributed by atoms with Crippen LogP contribution in [0, 0.1) is 20.2 Å². The summed E-state index contributed by atoms with van der Waals surface area (Å²) in [4.78, 5) is 22.8. The monoisotopic (exact) mass is 295 g/mol. The molecule has 2 unspecified atom stereocenters. The van der Waals surface area contributed by atoms with E-state index in [2.05, 4.69) is 0 Å². The van der Waals surface area contributed by atoms with Crippen LogP contribution in [0.15, 0.2) is 12.1 Å². The normalized spacial score (nSPS) is 24.1. The van der Waals surface area contributed by atoms with E-state index in [0.717, 1.165) is 0 Å². The minimum atomic E-state index is -0.805. The Hall–Kier alpha value is -2.26. The van der Waals surface area contributed by atoms with Crippen LogP contribution < -0.4 is 4.90 Å². The minimum absolute atomic E-state index is 0.0554. The molecule has 112 valence electrons. The lowest BCUT2D eigenvalue weighted by atomic mass is 10.1. The van der Waals surface area contributed by atoms with Crippen molar-refractivity contribution in [1.82, 2.24) is 0 Å². The average molecular weight is 295 g/mol. The zero-order valence-corrected chi connectivity index (χ0v) is 11.2. The maximum atomic E-state index is 11.2. The number of ether oxygens (including phenoxy) is 2. The van der Waals surface area contributed by atoms with Crippen LogP contribution in [0.2, 0.25) is 0 Å². The molecule has 0 radical (unpaired) electrons. The van der Waals surface area contributed by atoms with Crippen molar-refractivity contribution in [2.45, 2.75) is 19.3 Å². The predicted molar refractivity (Wildman–Crippen MR) is 71.2 cm³/mol. The molecular formula is C12H13N3O6. The number of nitro benzene ring substituents is 2. The van der Waals surface area contributed by atoms with Gasteiger partial charge in [-0.2, -0.15) is 0 Å². The number of nitrogens with zero attached hydrogens (tertiary/aromatic N) is 3. The van der Waals surface area contributed by atoms with Gasteiger partial charge in [0.1, 0.15) is 0 Å². The van der Waals surface area contributed by atoms with Crippen LogP contribution in [-0.4, -0.2) is 35.6 Å². The fourth-order valence-corrected chi connectivity index (χ4v) is 2.32. The molecule has 2 aliphatic rings. The van der Waals surface area contributed by atoms with Crippen molar-refractivity contribution in [2.75, 3.05) is 24.6 Å². The third kappa shape index (κ3) is 2.52. The van der Waals surface area contributed by atoms with E-state index < -0.39 is 16.1 Å². The van der Waals surface area contributed by atoms with Crippen LogP contribution in [0.3, 0.4) is 0 Å². The van der Waals surface area contributed by atoms with Gasteiger partial charge in [0.2, 0.25) is 0 Å². The first-order chi connectivity index (χ1) is 9.97. The molecule has 0 aliphatic carbocycles. The molecule has 0 aromatic heterocycles. The SMILES string of the molecule is CC1COC(c2cc([N+](=O)[O-])c(N3CC3)c([N+](=O)[O-])c2)O1. The van der Waals surface area contributed by atoms with Crippen LogP contribution in [0.1, 0.15) is 18.8 Å². The zero-order chi connectivity index (χ0) is 15.1. The fourth-order valence-electron chi connectivity index (χ4n) is 2.32. The first-order valence-corrected chi connectivity index (χ1v) is 6.46. The molecule has 2 atom stereocenters. The Labute approximate surface area is 119 Å². The molecule has 9 nitrogen and oxygen atoms in total. The number of hydrogen-bond donors (Lipinski definition) is 0. The van der Waals surface area contributed by atoms with E-state index in [1.54, 1.807) is 11.8 Å². The van der Waals surface area contributed by atoms with Gasteiger partial charge in [-0.3, -0.25) is 20.2 Å². The number of anilines is 1. The van der Waals surface area contributed by atoms with E-state index in [1.807, 2.05) is 0 Å². The molecule has 2 aliphatic heterocycles. The first kappa shape index (κ1) is 13.7. The van der Waals surface area contributed by atoms with E-state index in [4.69, 9.17) is 9.47 Å². The lowest BCUT2D eigenvalue weighted by Gasteiger charge is -2.12. The van der Waals surface area contributed by atoms with E-state index in [-0.39, 0.29) is 23.2 Å². The highest BCUT2D eigenvalue weighted by atomic mass is 16.7. The van der Waals surface area contributed by atoms with E-state index in [1.165, 1.54) is 12.1 Å². The summed E-state index contributed by atoms with van der Waals surface area (Å²) in [6, 6.07) is 2.59. The molecule has 3 rings (SSSR count). The summed E-state index contributed by atoms with van der Waals surface area (Å²) in [6.45, 7) is 3.30. The van der Waals surface area contributed by atoms with Crippen LogP contribution in [-0.2, 0) is 9.47 Å². The van der Waals surface area contributed by atoms with Crippen molar-refractivity contribution >= 4 is 17.1 Å². The highest BCUT2D eigenvalue weighted by Crippen LogP contribution is 2.43. The molecule has 2 fully saturated rings. The summed E-state index contributed by atoms with van der Waals surface area (Å²) in [5.74, 6) is 0. The summed E-state index contributed by atoms with van der Waals surface area (Å²) in [6.07, 6.45) is -0.958. The predicted octanol–water partition coefficient (Wildman–Crippen LogP) is 1.76. The van der Waals surface area contributed by atoms with Crippen molar-refractivity contribution in [3.8, 4) is 0 Å². The molecule has 21 heavy (non-hydrogen) atoms. The van der Waals surface area contributed by atoms with Gasteiger partial charge in [0, 0.05) is 30.8 Å². The standard InChI is InChI=1S/C12H13N3O6/c1-7-6-20-12(21-7)8-4-9(14(16)17)11(13-2-3-13)10(5-8)15(18)19/h4-5,7,12H,2-3,6H2,1H3. The summed E-state index contributed by atoms with van der Waals surface area (Å²) < 4.78 is 10.8. The van der Waals surface area contributed by atoms with Gasteiger partial charge in [0.25, 0.3) is 11.4 Å². The molecular weight excluding hydrogens is 282 g/mol. The molecule has 2 heterocycles. The summed E-state index contributed by atoms with van der Waals surface area (Å²) in [5.41, 5.74) is -0.227. The molecule has 0 saturated carbocycles. The number of nitro groups is 2. The Morgan fingerprint density at radius 3 is 2.14 bits per heavy atom. The molecule has 2 saturated heterocycles. The van der Waals surface area contributed by atoms with Crippen molar-refractivity contribution in [1.29, 1.82) is 0 Å². The zero-order valence-electron chi connectivity index (χ0n) is 11.2. The first-order valence-electron chi connectivity index (χ1n) is 6.46. The maximum absolute atomic E-state index is 11.2. The van der Waals surface area contributed by atoms with Crippen LogP contribution in [0.4, 0.5) is 17.1 Å². The largest absolute Gasteiger partial charge is 0.357 e. The minimum Gasteiger partial charge on any atom is -0.357 e. The molecule has 0 N–H and O–H groups in total. The summed E-state index contributed by atoms with van der Waals surface area (Å²) in [7, 11) is 0. The summed E-state index contributed by atoms with van der Waals surface area (Å²) in [5, 5.41) is 22.5. The Morgan fingerprint density at radius 2 is 1.76 bits per heavy atom. The molecule has 0 bridgehead atoms. The maximum Gasteiger partial charge on any atom is 0.300 e. The number of rotatable bonds is 4. The molecule has 9 heteroatoms. The van der Waals surface area contributed by atoms with E-state index in [9.17, 15) is 20.2 Å². The molecule has 1 aromatic rings. The van der Waals surface area contributed by atoms with Gasteiger partial charge < -0.3 is 14.4 Å². The summed E-state index contributed by atoms with van der Waals surface area (Å²) >= 11 is 0. The Kier molecular flexibility index (Phi) is 3.22. The highest BCUT2D eigenvalue weighted by Gasteiger charge is 2.37. The van der Waals surface area contributed by atoms with Gasteiger partial charge in [0.05, 0.1) is 22.6 Å². The van der Waals surface area contributed by atoms with Gasteiger partial charge in [-0.25, -0.2) is 0 Å². The second kappa shape index (κ2) is 4.93. The van der Waals surface area contributed by atoms with Gasteiger partial charge >= 0.3 is 0 Å². The number of hydrogen-bond acceptors (Lipinski definition) is 7. The molecule has 0 spiro atoms. The second-order valence-corrected chi connectivity index (χ2v) is 5.02. The Morgan fingerprint density at radius 1 is 1.19 bits per heavy atom. The van der Waals surface area contributed by atoms with Gasteiger partial charge in [-0.05, 0) is 6.92 Å². The van der Waals surface area contributed by atoms with Crippen molar-refractivity contribution in [3.05, 3.63) is 37.9 Å². The Balaban J connectivity index is 2.10. The highest BCUT2D eigenvalue weighted by molar-refractivity contribution is 5.78. The quantitative estimate of drug-likeness (QED) is 0.473. The van der Waals surface area contributed by atoms with E-state index in [0.29, 0.717) is 25.3 Å². The topological polar surface area (TPSA) is 108 Å². The van der Waals surface area contributed by atoms with Gasteiger partial charge in [0.15, 0.2) is 12.0 Å². The van der Waals surface area contributed by atoms with Crippen LogP contribution in [0.5, 0.6) is 0 Å². The lowest BCUT2D eigenvalue weighted by Crippen LogP contribution is -2.07. The van der Waals surface area contributed by atoms with Gasteiger partial charge in [-0.1, -0.05) is 0 Å². The average Bonchev–Trinajstić information content (AvgIpc) is 3.18. The van der Waals surface area contributed by atoms with Gasteiger partial charge in [-0.15, -0.1) is 0 Å². The molecule has 0 amide bonds. The van der Waals surface area contributed by atoms with E-state index >= 15 is 0 Å². The number of benzene rings is 1. The van der Waals surface area contributed by atoms with Crippen LogP contribution in [0.25, 0.3) is 0 Å². The third-order valence-corrected chi connectivity index (χ3v) is 3.36. The van der Waals surface area contributed by atoms with Crippen LogP contribution >= 0.6 is 0 Å². The lowest BCUT2D eigenvalue weighted by molar-refractivity contribution is -0.392. The third-order valence-electron chi connectivity index (χ3n) is 3.36. The fraction of sp³-hybridized carbons (Fsp3) is 0.500.